The van der Waals surface area contributed by atoms with Gasteiger partial charge in [0.1, 0.15) is 5.25 Å². The van der Waals surface area contributed by atoms with E-state index in [-0.39, 0.29) is 18.7 Å². The van der Waals surface area contributed by atoms with Gasteiger partial charge in [0.15, 0.2) is 11.5 Å². The summed E-state index contributed by atoms with van der Waals surface area (Å²) < 4.78 is 83.6. The number of nitrogens with one attached hydrogen (secondary N) is 1. The van der Waals surface area contributed by atoms with E-state index in [0.29, 0.717) is 22.8 Å². The van der Waals surface area contributed by atoms with Crippen molar-refractivity contribution in [2.24, 2.45) is 0 Å². The molecule has 1 fully saturated rings. The summed E-state index contributed by atoms with van der Waals surface area (Å²) in [4.78, 5) is 5.49. The van der Waals surface area contributed by atoms with E-state index in [1.807, 2.05) is 0 Å². The highest BCUT2D eigenvalue weighted by Gasteiger charge is 2.44. The monoisotopic (exact) mass is 490 g/mol. The molecular formula is C21H25F3N2O6S. The van der Waals surface area contributed by atoms with E-state index in [1.165, 1.54) is 38.5 Å². The fourth-order valence-electron chi connectivity index (χ4n) is 3.70. The Balaban J connectivity index is 1.88. The summed E-state index contributed by atoms with van der Waals surface area (Å²) >= 11 is 0. The Hall–Kier alpha value is -2.54. The van der Waals surface area contributed by atoms with E-state index in [1.54, 1.807) is 19.2 Å². The second kappa shape index (κ2) is 9.75. The molecule has 8 nitrogen and oxygen atoms in total. The summed E-state index contributed by atoms with van der Waals surface area (Å²) in [5, 5.41) is 0.366. The lowest BCUT2D eigenvalue weighted by Gasteiger charge is -2.25. The number of halogens is 3. The van der Waals surface area contributed by atoms with Gasteiger partial charge >= 0.3 is 6.18 Å². The Kier molecular flexibility index (Phi) is 7.42. The fraction of sp³-hybridized carbons (Fsp3) is 0.429. The maximum atomic E-state index is 13.1. The smallest absolute Gasteiger partial charge is 0.416 e. The van der Waals surface area contributed by atoms with Gasteiger partial charge in [0.05, 0.1) is 39.5 Å². The molecule has 1 heterocycles. The minimum Gasteiger partial charge on any atom is -0.493 e. The van der Waals surface area contributed by atoms with Crippen LogP contribution in [0.4, 0.5) is 13.2 Å². The Bertz CT molecular complexity index is 1070. The van der Waals surface area contributed by atoms with Gasteiger partial charge in [0, 0.05) is 13.6 Å². The van der Waals surface area contributed by atoms with Crippen molar-refractivity contribution in [3.63, 3.8) is 0 Å². The van der Waals surface area contributed by atoms with Gasteiger partial charge in [-0.15, -0.1) is 0 Å². The number of hydrogen-bond acceptors (Lipinski definition) is 7. The fourth-order valence-corrected chi connectivity index (χ4v) is 5.19. The highest BCUT2D eigenvalue weighted by molar-refractivity contribution is 7.90. The van der Waals surface area contributed by atoms with Crippen LogP contribution < -0.4 is 18.9 Å². The quantitative estimate of drug-likeness (QED) is 0.609. The van der Waals surface area contributed by atoms with Crippen molar-refractivity contribution in [1.82, 2.24) is 9.79 Å². The number of alkyl halides is 3. The normalized spacial score (nSPS) is 19.5. The van der Waals surface area contributed by atoms with Gasteiger partial charge in [-0.3, -0.25) is 4.84 Å². The lowest BCUT2D eigenvalue weighted by Crippen LogP contribution is -2.39. The molecule has 2 aromatic rings. The number of nitrogens with zero attached hydrogens (tertiary/aromatic N) is 1. The summed E-state index contributed by atoms with van der Waals surface area (Å²) in [6.07, 6.45) is -4.52. The van der Waals surface area contributed by atoms with Crippen molar-refractivity contribution in [2.75, 3.05) is 35.0 Å². The first kappa shape index (κ1) is 25.1. The number of sulfonamides is 1. The number of hydroxylamine groups is 2. The molecule has 1 N–H and O–H groups in total. The van der Waals surface area contributed by atoms with E-state index < -0.39 is 33.1 Å². The third kappa shape index (κ3) is 5.35. The standard InChI is InChI=1S/C21H25F3N2O6S/c1-26-19(14-9-16(29-2)20(31-4)17(10-14)30-3)18(12-32-26)33(27,28)25-11-13-6-5-7-15(8-13)21(22,23)24/h5-10,18-19,25H,11-12H2,1-4H3. The van der Waals surface area contributed by atoms with Crippen LogP contribution in [0.2, 0.25) is 0 Å². The molecule has 0 aliphatic carbocycles. The van der Waals surface area contributed by atoms with Crippen LogP contribution in [-0.2, 0) is 27.6 Å². The average molecular weight is 491 g/mol. The lowest BCUT2D eigenvalue weighted by atomic mass is 10.0. The topological polar surface area (TPSA) is 86.3 Å². The summed E-state index contributed by atoms with van der Waals surface area (Å²) in [6.45, 7) is -0.440. The first-order valence-corrected chi connectivity index (χ1v) is 11.4. The van der Waals surface area contributed by atoms with E-state index >= 15 is 0 Å². The lowest BCUT2D eigenvalue weighted by molar-refractivity contribution is -0.137. The highest BCUT2D eigenvalue weighted by atomic mass is 32.2. The van der Waals surface area contributed by atoms with Crippen molar-refractivity contribution in [2.45, 2.75) is 24.0 Å². The van der Waals surface area contributed by atoms with Gasteiger partial charge in [-0.25, -0.2) is 13.1 Å². The maximum absolute atomic E-state index is 13.1. The first-order chi connectivity index (χ1) is 15.5. The van der Waals surface area contributed by atoms with Crippen LogP contribution >= 0.6 is 0 Å². The molecule has 0 saturated carbocycles. The predicted molar refractivity (Wildman–Crippen MR) is 114 cm³/mol. The molecule has 182 valence electrons. The van der Waals surface area contributed by atoms with E-state index in [0.717, 1.165) is 12.1 Å². The average Bonchev–Trinajstić information content (AvgIpc) is 3.18. The van der Waals surface area contributed by atoms with Crippen LogP contribution in [-0.4, -0.2) is 53.7 Å². The number of benzene rings is 2. The van der Waals surface area contributed by atoms with E-state index in [2.05, 4.69) is 4.72 Å². The molecule has 33 heavy (non-hydrogen) atoms. The zero-order valence-corrected chi connectivity index (χ0v) is 19.3. The predicted octanol–water partition coefficient (Wildman–Crippen LogP) is 3.14. The van der Waals surface area contributed by atoms with E-state index in [4.69, 9.17) is 19.0 Å². The Labute approximate surface area is 190 Å². The van der Waals surface area contributed by atoms with Crippen molar-refractivity contribution < 1.29 is 40.6 Å². The highest BCUT2D eigenvalue weighted by Crippen LogP contribution is 2.43. The Morgan fingerprint density at radius 1 is 1.09 bits per heavy atom. The first-order valence-electron chi connectivity index (χ1n) is 9.82. The van der Waals surface area contributed by atoms with Crippen LogP contribution in [0.5, 0.6) is 17.2 Å². The Morgan fingerprint density at radius 2 is 1.73 bits per heavy atom. The molecule has 1 aliphatic rings. The van der Waals surface area contributed by atoms with Gasteiger partial charge in [0.2, 0.25) is 15.8 Å². The summed E-state index contributed by atoms with van der Waals surface area (Å²) in [7, 11) is 1.94. The van der Waals surface area contributed by atoms with Gasteiger partial charge in [0.25, 0.3) is 0 Å². The van der Waals surface area contributed by atoms with Gasteiger partial charge < -0.3 is 14.2 Å². The minimum absolute atomic E-state index is 0.143. The van der Waals surface area contributed by atoms with Crippen LogP contribution in [0.15, 0.2) is 36.4 Å². The van der Waals surface area contributed by atoms with Crippen molar-refractivity contribution >= 4 is 10.0 Å². The molecule has 0 aromatic heterocycles. The molecule has 1 saturated heterocycles. The minimum atomic E-state index is -4.52. The SMILES string of the molecule is COc1cc(C2C(S(=O)(=O)NCc3cccc(C(F)(F)F)c3)CON2C)cc(OC)c1OC. The van der Waals surface area contributed by atoms with Crippen molar-refractivity contribution in [1.29, 1.82) is 0 Å². The van der Waals surface area contributed by atoms with E-state index in [9.17, 15) is 21.6 Å². The number of methoxy groups -OCH3 is 3. The second-order valence-electron chi connectivity index (χ2n) is 7.35. The Morgan fingerprint density at radius 3 is 2.27 bits per heavy atom. The zero-order chi connectivity index (χ0) is 24.4. The van der Waals surface area contributed by atoms with Gasteiger partial charge in [-0.1, -0.05) is 18.2 Å². The van der Waals surface area contributed by atoms with Crippen LogP contribution in [0.25, 0.3) is 0 Å². The van der Waals surface area contributed by atoms with Crippen molar-refractivity contribution in [3.05, 3.63) is 53.1 Å². The summed E-state index contributed by atoms with van der Waals surface area (Å²) in [5.41, 5.74) is -0.123. The molecule has 12 heteroatoms. The van der Waals surface area contributed by atoms with Gasteiger partial charge in [-0.2, -0.15) is 18.2 Å². The zero-order valence-electron chi connectivity index (χ0n) is 18.5. The molecule has 3 rings (SSSR count). The molecule has 0 amide bonds. The molecule has 0 bridgehead atoms. The van der Waals surface area contributed by atoms with Crippen LogP contribution in [0.1, 0.15) is 22.7 Å². The maximum Gasteiger partial charge on any atom is 0.416 e. The molecule has 2 atom stereocenters. The molecular weight excluding hydrogens is 465 g/mol. The number of ether oxygens (including phenoxy) is 3. The molecule has 0 spiro atoms. The van der Waals surface area contributed by atoms with Crippen LogP contribution in [0.3, 0.4) is 0 Å². The molecule has 2 aromatic carbocycles. The summed E-state index contributed by atoms with van der Waals surface area (Å²) in [5.74, 6) is 1.05. The third-order valence-electron chi connectivity index (χ3n) is 5.35. The van der Waals surface area contributed by atoms with Crippen LogP contribution in [0, 0.1) is 0 Å². The molecule has 0 radical (unpaired) electrons. The largest absolute Gasteiger partial charge is 0.493 e. The summed E-state index contributed by atoms with van der Waals surface area (Å²) in [6, 6.07) is 7.02. The van der Waals surface area contributed by atoms with Crippen molar-refractivity contribution in [3.8, 4) is 17.2 Å². The van der Waals surface area contributed by atoms with Gasteiger partial charge in [-0.05, 0) is 29.3 Å². The molecule has 1 aliphatic heterocycles. The third-order valence-corrected chi connectivity index (χ3v) is 7.08. The molecule has 2 unspecified atom stereocenters. The second-order valence-corrected chi connectivity index (χ2v) is 9.33. The number of hydrogen-bond donors (Lipinski definition) is 1. The number of rotatable bonds is 8.